The lowest BCUT2D eigenvalue weighted by Gasteiger charge is -2.01. The van der Waals surface area contributed by atoms with Crippen molar-refractivity contribution in [3.63, 3.8) is 0 Å². The van der Waals surface area contributed by atoms with E-state index < -0.39 is 0 Å². The van der Waals surface area contributed by atoms with E-state index in [-0.39, 0.29) is 5.78 Å². The normalized spacial score (nSPS) is 21.2. The lowest BCUT2D eigenvalue weighted by atomic mass is 10.1. The molecule has 1 aromatic carbocycles. The molecule has 0 aromatic heterocycles. The highest BCUT2D eigenvalue weighted by Crippen LogP contribution is 2.42. The number of halogens is 1. The fourth-order valence-electron chi connectivity index (χ4n) is 1.50. The Hall–Kier alpha value is -0.140. The molecule has 1 fully saturated rings. The van der Waals surface area contributed by atoms with Gasteiger partial charge in [0.1, 0.15) is 5.75 Å². The molecule has 1 heterocycles. The van der Waals surface area contributed by atoms with Gasteiger partial charge in [-0.15, -0.1) is 23.5 Å². The highest BCUT2D eigenvalue weighted by molar-refractivity contribution is 14.1. The maximum Gasteiger partial charge on any atom is 0.187 e. The SMILES string of the molecule is COc1ccc(C(=O)/C=C2/SC[C@H](CI)S2)cc1. The van der Waals surface area contributed by atoms with Gasteiger partial charge in [-0.3, -0.25) is 4.79 Å². The van der Waals surface area contributed by atoms with E-state index in [4.69, 9.17) is 4.74 Å². The van der Waals surface area contributed by atoms with Crippen LogP contribution in [0.4, 0.5) is 0 Å². The predicted molar refractivity (Wildman–Crippen MR) is 88.1 cm³/mol. The molecule has 1 aliphatic rings. The van der Waals surface area contributed by atoms with Gasteiger partial charge in [-0.2, -0.15) is 0 Å². The number of allylic oxidation sites excluding steroid dienone is 1. The van der Waals surface area contributed by atoms with E-state index in [1.165, 1.54) is 0 Å². The summed E-state index contributed by atoms with van der Waals surface area (Å²) in [6, 6.07) is 7.24. The van der Waals surface area contributed by atoms with Crippen LogP contribution < -0.4 is 4.74 Å². The third kappa shape index (κ3) is 3.68. The summed E-state index contributed by atoms with van der Waals surface area (Å²) in [4.78, 5) is 12.0. The van der Waals surface area contributed by atoms with Gasteiger partial charge < -0.3 is 4.74 Å². The third-order valence-electron chi connectivity index (χ3n) is 2.49. The topological polar surface area (TPSA) is 26.3 Å². The Morgan fingerprint density at radius 1 is 1.50 bits per heavy atom. The molecule has 0 spiro atoms. The monoisotopic (exact) mass is 392 g/mol. The summed E-state index contributed by atoms with van der Waals surface area (Å²) in [6.07, 6.45) is 1.75. The largest absolute Gasteiger partial charge is 0.497 e. The molecule has 18 heavy (non-hydrogen) atoms. The average Bonchev–Trinajstić information content (AvgIpc) is 2.86. The zero-order chi connectivity index (χ0) is 13.0. The molecular weight excluding hydrogens is 379 g/mol. The first-order valence-corrected chi connectivity index (χ1v) is 8.87. The second-order valence-corrected chi connectivity index (χ2v) is 7.30. The minimum Gasteiger partial charge on any atom is -0.497 e. The number of alkyl halides is 1. The molecular formula is C13H13IO2S2. The Bertz CT molecular complexity index is 457. The molecule has 1 atom stereocenters. The second kappa shape index (κ2) is 6.86. The molecule has 2 nitrogen and oxygen atoms in total. The Labute approximate surface area is 129 Å². The summed E-state index contributed by atoms with van der Waals surface area (Å²) in [5.74, 6) is 1.95. The molecule has 1 saturated heterocycles. The Balaban J connectivity index is 2.05. The number of hydrogen-bond acceptors (Lipinski definition) is 4. The third-order valence-corrected chi connectivity index (χ3v) is 6.99. The van der Waals surface area contributed by atoms with Crippen molar-refractivity contribution < 1.29 is 9.53 Å². The van der Waals surface area contributed by atoms with Gasteiger partial charge in [-0.1, -0.05) is 22.6 Å². The molecule has 96 valence electrons. The van der Waals surface area contributed by atoms with Gasteiger partial charge >= 0.3 is 0 Å². The molecule has 2 rings (SSSR count). The van der Waals surface area contributed by atoms with Gasteiger partial charge in [0.05, 0.1) is 7.11 Å². The summed E-state index contributed by atoms with van der Waals surface area (Å²) in [5, 5.41) is 0.644. The van der Waals surface area contributed by atoms with Crippen molar-refractivity contribution in [2.45, 2.75) is 5.25 Å². The van der Waals surface area contributed by atoms with Gasteiger partial charge in [0.2, 0.25) is 0 Å². The van der Waals surface area contributed by atoms with E-state index in [2.05, 4.69) is 22.6 Å². The number of carbonyl (C=O) groups excluding carboxylic acids is 1. The van der Waals surface area contributed by atoms with Crippen molar-refractivity contribution in [1.82, 2.24) is 0 Å². The Morgan fingerprint density at radius 2 is 2.22 bits per heavy atom. The van der Waals surface area contributed by atoms with E-state index in [0.717, 1.165) is 20.2 Å². The van der Waals surface area contributed by atoms with Crippen molar-refractivity contribution in [3.05, 3.63) is 40.1 Å². The van der Waals surface area contributed by atoms with Gasteiger partial charge in [-0.25, -0.2) is 0 Å². The molecule has 0 unspecified atom stereocenters. The van der Waals surface area contributed by atoms with Gasteiger partial charge in [0, 0.05) is 31.3 Å². The smallest absolute Gasteiger partial charge is 0.187 e. The van der Waals surface area contributed by atoms with Crippen LogP contribution in [0.15, 0.2) is 34.6 Å². The number of rotatable bonds is 4. The maximum atomic E-state index is 12.0. The molecule has 0 bridgehead atoms. The summed E-state index contributed by atoms with van der Waals surface area (Å²) >= 11 is 5.98. The van der Waals surface area contributed by atoms with E-state index >= 15 is 0 Å². The minimum atomic E-state index is 0.0711. The average molecular weight is 392 g/mol. The molecule has 0 N–H and O–H groups in total. The molecule has 0 radical (unpaired) electrons. The van der Waals surface area contributed by atoms with Crippen molar-refractivity contribution in [1.29, 1.82) is 0 Å². The van der Waals surface area contributed by atoms with Crippen LogP contribution in [0.3, 0.4) is 0 Å². The summed E-state index contributed by atoms with van der Waals surface area (Å²) < 4.78 is 7.34. The second-order valence-electron chi connectivity index (χ2n) is 3.76. The van der Waals surface area contributed by atoms with E-state index in [1.807, 2.05) is 23.9 Å². The molecule has 1 aliphatic heterocycles. The van der Waals surface area contributed by atoms with E-state index in [0.29, 0.717) is 10.8 Å². The molecule has 0 amide bonds. The zero-order valence-corrected chi connectivity index (χ0v) is 13.7. The van der Waals surface area contributed by atoms with Crippen LogP contribution in [0.2, 0.25) is 0 Å². The Kier molecular flexibility index (Phi) is 5.44. The molecule has 1 aromatic rings. The number of thioether (sulfide) groups is 2. The van der Waals surface area contributed by atoms with E-state index in [9.17, 15) is 4.79 Å². The van der Waals surface area contributed by atoms with Crippen LogP contribution in [0, 0.1) is 0 Å². The standard InChI is InChI=1S/C13H13IO2S2/c1-16-10-4-2-9(3-5-10)12(15)6-13-17-8-11(7-14)18-13/h2-6,11H,7-8H2,1H3/b13-6-/t11-/m0/s1. The summed E-state index contributed by atoms with van der Waals surface area (Å²) in [5.41, 5.74) is 0.711. The van der Waals surface area contributed by atoms with Gasteiger partial charge in [-0.05, 0) is 24.3 Å². The number of benzene rings is 1. The first-order valence-electron chi connectivity index (χ1n) is 5.48. The number of ether oxygens (including phenoxy) is 1. The predicted octanol–water partition coefficient (Wildman–Crippen LogP) is 4.00. The Morgan fingerprint density at radius 3 is 2.78 bits per heavy atom. The number of ketones is 1. The van der Waals surface area contributed by atoms with Crippen LogP contribution in [-0.2, 0) is 0 Å². The first-order chi connectivity index (χ1) is 8.72. The van der Waals surface area contributed by atoms with Gasteiger partial charge in [0.15, 0.2) is 5.78 Å². The first kappa shape index (κ1) is 14.3. The van der Waals surface area contributed by atoms with Crippen LogP contribution in [0.25, 0.3) is 0 Å². The molecule has 5 heteroatoms. The fraction of sp³-hybridized carbons (Fsp3) is 0.308. The summed E-state index contributed by atoms with van der Waals surface area (Å²) in [6.45, 7) is 0. The van der Waals surface area contributed by atoms with Crippen molar-refractivity contribution in [2.75, 3.05) is 17.3 Å². The molecule has 0 saturated carbocycles. The van der Waals surface area contributed by atoms with Crippen molar-refractivity contribution >= 4 is 51.9 Å². The number of carbonyl (C=O) groups is 1. The maximum absolute atomic E-state index is 12.0. The number of hydrogen-bond donors (Lipinski definition) is 0. The number of methoxy groups -OCH3 is 1. The quantitative estimate of drug-likeness (QED) is 0.335. The highest BCUT2D eigenvalue weighted by Gasteiger charge is 2.20. The highest BCUT2D eigenvalue weighted by atomic mass is 127. The van der Waals surface area contributed by atoms with E-state index in [1.54, 1.807) is 37.1 Å². The van der Waals surface area contributed by atoms with Crippen molar-refractivity contribution in [2.24, 2.45) is 0 Å². The van der Waals surface area contributed by atoms with Crippen LogP contribution in [-0.4, -0.2) is 28.3 Å². The van der Waals surface area contributed by atoms with Crippen LogP contribution in [0.5, 0.6) is 5.75 Å². The zero-order valence-electron chi connectivity index (χ0n) is 9.89. The van der Waals surface area contributed by atoms with Crippen molar-refractivity contribution in [3.8, 4) is 5.75 Å². The fourth-order valence-corrected chi connectivity index (χ4v) is 5.36. The lowest BCUT2D eigenvalue weighted by molar-refractivity contribution is 0.104. The van der Waals surface area contributed by atoms with Crippen LogP contribution in [0.1, 0.15) is 10.4 Å². The molecule has 0 aliphatic carbocycles. The van der Waals surface area contributed by atoms with Crippen LogP contribution >= 0.6 is 46.1 Å². The lowest BCUT2D eigenvalue weighted by Crippen LogP contribution is -2.00. The summed E-state index contributed by atoms with van der Waals surface area (Å²) in [7, 11) is 1.62. The van der Waals surface area contributed by atoms with Gasteiger partial charge in [0.25, 0.3) is 0 Å². The minimum absolute atomic E-state index is 0.0711.